The van der Waals surface area contributed by atoms with Gasteiger partial charge in [0, 0.05) is 38.8 Å². The Morgan fingerprint density at radius 3 is 2.71 bits per heavy atom. The van der Waals surface area contributed by atoms with Crippen molar-refractivity contribution in [2.45, 2.75) is 13.5 Å². The van der Waals surface area contributed by atoms with E-state index in [9.17, 15) is 5.11 Å². The number of aliphatic imine (C=N–C) groups is 1. The average molecular weight is 329 g/mol. The number of nitrogens with zero attached hydrogens (tertiary/aromatic N) is 4. The van der Waals surface area contributed by atoms with Crippen molar-refractivity contribution in [2.24, 2.45) is 4.99 Å². The van der Waals surface area contributed by atoms with E-state index in [4.69, 9.17) is 4.52 Å². The minimum atomic E-state index is 0.331. The van der Waals surface area contributed by atoms with E-state index in [1.54, 1.807) is 12.3 Å². The van der Waals surface area contributed by atoms with Crippen molar-refractivity contribution in [1.82, 2.24) is 15.4 Å². The van der Waals surface area contributed by atoms with Crippen LogP contribution in [-0.2, 0) is 6.54 Å². The van der Waals surface area contributed by atoms with Crippen molar-refractivity contribution in [3.05, 3.63) is 42.3 Å². The van der Waals surface area contributed by atoms with Crippen LogP contribution < -0.4 is 10.2 Å². The molecule has 0 bridgehead atoms. The van der Waals surface area contributed by atoms with E-state index in [1.807, 2.05) is 24.3 Å². The summed E-state index contributed by atoms with van der Waals surface area (Å²) in [5, 5.41) is 17.2. The van der Waals surface area contributed by atoms with Crippen LogP contribution in [0.5, 0.6) is 5.75 Å². The van der Waals surface area contributed by atoms with Crippen LogP contribution in [0.4, 0.5) is 5.69 Å². The molecule has 0 amide bonds. The van der Waals surface area contributed by atoms with Gasteiger partial charge in [-0.05, 0) is 19.1 Å². The molecule has 7 heteroatoms. The number of aromatic nitrogens is 1. The molecule has 2 heterocycles. The Morgan fingerprint density at radius 2 is 2.04 bits per heavy atom. The number of hydrogen-bond acceptors (Lipinski definition) is 5. The minimum Gasteiger partial charge on any atom is -0.506 e. The largest absolute Gasteiger partial charge is 0.506 e. The van der Waals surface area contributed by atoms with Crippen LogP contribution in [0.2, 0.25) is 0 Å². The Labute approximate surface area is 141 Å². The highest BCUT2D eigenvalue weighted by Crippen LogP contribution is 2.27. The van der Waals surface area contributed by atoms with Gasteiger partial charge in [0.05, 0.1) is 12.2 Å². The summed E-state index contributed by atoms with van der Waals surface area (Å²) in [6, 6.07) is 9.29. The van der Waals surface area contributed by atoms with Crippen LogP contribution >= 0.6 is 0 Å². The smallest absolute Gasteiger partial charge is 0.194 e. The predicted molar refractivity (Wildman–Crippen MR) is 93.2 cm³/mol. The molecule has 1 saturated heterocycles. The van der Waals surface area contributed by atoms with Crippen molar-refractivity contribution in [1.29, 1.82) is 0 Å². The summed E-state index contributed by atoms with van der Waals surface area (Å²) in [7, 11) is 0. The number of rotatable bonds is 4. The maximum absolute atomic E-state index is 10.0. The highest BCUT2D eigenvalue weighted by Gasteiger charge is 2.21. The second-order valence-electron chi connectivity index (χ2n) is 5.62. The molecule has 0 saturated carbocycles. The van der Waals surface area contributed by atoms with Crippen molar-refractivity contribution >= 4 is 11.6 Å². The van der Waals surface area contributed by atoms with E-state index in [0.29, 0.717) is 12.3 Å². The molecule has 128 valence electrons. The van der Waals surface area contributed by atoms with E-state index in [2.05, 4.69) is 32.2 Å². The summed E-state index contributed by atoms with van der Waals surface area (Å²) >= 11 is 0. The van der Waals surface area contributed by atoms with Gasteiger partial charge in [-0.15, -0.1) is 0 Å². The number of piperazine rings is 1. The quantitative estimate of drug-likeness (QED) is 0.656. The van der Waals surface area contributed by atoms with Gasteiger partial charge < -0.3 is 24.7 Å². The van der Waals surface area contributed by atoms with Gasteiger partial charge in [-0.1, -0.05) is 17.3 Å². The maximum atomic E-state index is 10.0. The Bertz CT molecular complexity index is 663. The molecule has 0 spiro atoms. The van der Waals surface area contributed by atoms with Crippen molar-refractivity contribution in [2.75, 3.05) is 37.6 Å². The Hall–Kier alpha value is -2.70. The van der Waals surface area contributed by atoms with E-state index >= 15 is 0 Å². The Balaban J connectivity index is 1.63. The molecular weight excluding hydrogens is 306 g/mol. The monoisotopic (exact) mass is 329 g/mol. The summed E-state index contributed by atoms with van der Waals surface area (Å²) in [4.78, 5) is 9.07. The number of hydrogen-bond donors (Lipinski definition) is 2. The summed E-state index contributed by atoms with van der Waals surface area (Å²) in [6.07, 6.45) is 1.56. The SMILES string of the molecule is CCNC(=NCc1ccon1)N1CCN(c2ccccc2O)CC1. The summed E-state index contributed by atoms with van der Waals surface area (Å²) in [6.45, 7) is 6.75. The van der Waals surface area contributed by atoms with Gasteiger partial charge in [0.15, 0.2) is 5.96 Å². The van der Waals surface area contributed by atoms with Crippen LogP contribution in [-0.4, -0.2) is 53.8 Å². The van der Waals surface area contributed by atoms with Gasteiger partial charge in [0.25, 0.3) is 0 Å². The number of para-hydroxylation sites is 2. The zero-order chi connectivity index (χ0) is 16.8. The highest BCUT2D eigenvalue weighted by molar-refractivity contribution is 5.80. The van der Waals surface area contributed by atoms with Gasteiger partial charge in [-0.2, -0.15) is 0 Å². The molecule has 1 fully saturated rings. The summed E-state index contributed by atoms with van der Waals surface area (Å²) in [5.41, 5.74) is 1.71. The molecule has 1 aromatic heterocycles. The third-order valence-corrected chi connectivity index (χ3v) is 4.02. The van der Waals surface area contributed by atoms with Crippen molar-refractivity contribution < 1.29 is 9.63 Å². The lowest BCUT2D eigenvalue weighted by Crippen LogP contribution is -2.52. The number of nitrogens with one attached hydrogen (secondary N) is 1. The topological polar surface area (TPSA) is 77.1 Å². The Kier molecular flexibility index (Phi) is 5.20. The lowest BCUT2D eigenvalue weighted by Gasteiger charge is -2.37. The predicted octanol–water partition coefficient (Wildman–Crippen LogP) is 1.67. The normalized spacial score (nSPS) is 15.6. The van der Waals surface area contributed by atoms with Crippen molar-refractivity contribution in [3.8, 4) is 5.75 Å². The molecule has 3 rings (SSSR count). The fourth-order valence-corrected chi connectivity index (χ4v) is 2.79. The molecule has 7 nitrogen and oxygen atoms in total. The van der Waals surface area contributed by atoms with Gasteiger partial charge in [-0.3, -0.25) is 0 Å². The molecule has 0 atom stereocenters. The van der Waals surface area contributed by atoms with E-state index in [0.717, 1.165) is 50.1 Å². The maximum Gasteiger partial charge on any atom is 0.194 e. The van der Waals surface area contributed by atoms with E-state index in [1.165, 1.54) is 0 Å². The molecule has 0 unspecified atom stereocenters. The first-order valence-corrected chi connectivity index (χ1v) is 8.23. The number of aromatic hydroxyl groups is 1. The second-order valence-corrected chi connectivity index (χ2v) is 5.62. The second kappa shape index (κ2) is 7.72. The number of phenolic OH excluding ortho intramolecular Hbond substituents is 1. The van der Waals surface area contributed by atoms with Gasteiger partial charge in [-0.25, -0.2) is 4.99 Å². The first kappa shape index (κ1) is 16.2. The molecular formula is C17H23N5O2. The number of anilines is 1. The number of benzene rings is 1. The van der Waals surface area contributed by atoms with Gasteiger partial charge in [0.1, 0.15) is 17.7 Å². The van der Waals surface area contributed by atoms with E-state index < -0.39 is 0 Å². The van der Waals surface area contributed by atoms with Crippen LogP contribution in [0.25, 0.3) is 0 Å². The lowest BCUT2D eigenvalue weighted by atomic mass is 10.2. The fraction of sp³-hybridized carbons (Fsp3) is 0.412. The molecule has 2 N–H and O–H groups in total. The summed E-state index contributed by atoms with van der Waals surface area (Å²) in [5.74, 6) is 1.22. The van der Waals surface area contributed by atoms with Crippen LogP contribution in [0.15, 0.2) is 46.1 Å². The van der Waals surface area contributed by atoms with Crippen molar-refractivity contribution in [3.63, 3.8) is 0 Å². The third kappa shape index (κ3) is 3.79. The highest BCUT2D eigenvalue weighted by atomic mass is 16.5. The van der Waals surface area contributed by atoms with Gasteiger partial charge >= 0.3 is 0 Å². The minimum absolute atomic E-state index is 0.331. The molecule has 1 aromatic carbocycles. The first-order chi connectivity index (χ1) is 11.8. The zero-order valence-electron chi connectivity index (χ0n) is 13.9. The standard InChI is InChI=1S/C17H23N5O2/c1-2-18-17(19-13-14-7-12-24-20-14)22-10-8-21(9-11-22)15-5-3-4-6-16(15)23/h3-7,12,23H,2,8-11,13H2,1H3,(H,18,19). The first-order valence-electron chi connectivity index (χ1n) is 8.23. The molecule has 2 aromatic rings. The van der Waals surface area contributed by atoms with Crippen LogP contribution in [0, 0.1) is 0 Å². The zero-order valence-corrected chi connectivity index (χ0v) is 13.9. The average Bonchev–Trinajstić information content (AvgIpc) is 3.13. The molecule has 0 aliphatic carbocycles. The molecule has 1 aliphatic rings. The van der Waals surface area contributed by atoms with Gasteiger partial charge in [0.2, 0.25) is 0 Å². The Morgan fingerprint density at radius 1 is 1.25 bits per heavy atom. The molecule has 24 heavy (non-hydrogen) atoms. The van der Waals surface area contributed by atoms with Crippen LogP contribution in [0.1, 0.15) is 12.6 Å². The fourth-order valence-electron chi connectivity index (χ4n) is 2.79. The third-order valence-electron chi connectivity index (χ3n) is 4.02. The molecule has 0 radical (unpaired) electrons. The number of phenols is 1. The van der Waals surface area contributed by atoms with E-state index in [-0.39, 0.29) is 0 Å². The van der Waals surface area contributed by atoms with Crippen LogP contribution in [0.3, 0.4) is 0 Å². The summed E-state index contributed by atoms with van der Waals surface area (Å²) < 4.78 is 4.84. The molecule has 1 aliphatic heterocycles. The lowest BCUT2D eigenvalue weighted by molar-refractivity contribution is 0.369. The number of guanidine groups is 1.